The van der Waals surface area contributed by atoms with Gasteiger partial charge in [0.1, 0.15) is 5.71 Å². The maximum atomic E-state index is 12.6. The highest BCUT2D eigenvalue weighted by atomic mass is 16.6. The molecule has 0 fully saturated rings. The third-order valence-electron chi connectivity index (χ3n) is 3.58. The Labute approximate surface area is 126 Å². The number of benzene rings is 2. The number of nitrogens with zero attached hydrogens (tertiary/aromatic N) is 2. The highest BCUT2D eigenvalue weighted by Gasteiger charge is 2.29. The Bertz CT molecular complexity index is 756. The molecule has 2 aromatic rings. The number of ketones is 1. The van der Waals surface area contributed by atoms with Crippen molar-refractivity contribution in [1.82, 2.24) is 5.43 Å². The molecule has 1 heterocycles. The first-order valence-electron chi connectivity index (χ1n) is 6.81. The summed E-state index contributed by atoms with van der Waals surface area (Å²) in [6.45, 7) is 0.542. The summed E-state index contributed by atoms with van der Waals surface area (Å²) in [5, 5.41) is 14.9. The minimum Gasteiger partial charge on any atom is -0.309 e. The van der Waals surface area contributed by atoms with Crippen molar-refractivity contribution < 1.29 is 9.72 Å². The van der Waals surface area contributed by atoms with E-state index in [1.165, 1.54) is 18.2 Å². The molecule has 1 aliphatic rings. The van der Waals surface area contributed by atoms with Crippen LogP contribution in [0.1, 0.15) is 21.8 Å². The largest absolute Gasteiger partial charge is 0.309 e. The second-order valence-electron chi connectivity index (χ2n) is 4.96. The summed E-state index contributed by atoms with van der Waals surface area (Å²) in [5.74, 6) is -0.435. The Morgan fingerprint density at radius 3 is 2.68 bits per heavy atom. The molecule has 0 saturated carbocycles. The summed E-state index contributed by atoms with van der Waals surface area (Å²) >= 11 is 0. The number of carbonyl (C=O) groups excluding carboxylic acids is 1. The summed E-state index contributed by atoms with van der Waals surface area (Å²) in [6.07, 6.45) is 0. The molecule has 2 aromatic carbocycles. The molecule has 110 valence electrons. The van der Waals surface area contributed by atoms with Gasteiger partial charge in [0.05, 0.1) is 10.8 Å². The summed E-state index contributed by atoms with van der Waals surface area (Å²) in [4.78, 5) is 22.9. The number of rotatable bonds is 4. The molecule has 22 heavy (non-hydrogen) atoms. The SMILES string of the molecule is O=C(C1=NNCC1c1ccccc1)c1cccc([N+](=O)[O-])c1. The lowest BCUT2D eigenvalue weighted by Crippen LogP contribution is -2.21. The van der Waals surface area contributed by atoms with Gasteiger partial charge < -0.3 is 5.43 Å². The lowest BCUT2D eigenvalue weighted by atomic mass is 9.90. The zero-order valence-corrected chi connectivity index (χ0v) is 11.6. The monoisotopic (exact) mass is 295 g/mol. The molecular formula is C16H13N3O3. The lowest BCUT2D eigenvalue weighted by molar-refractivity contribution is -0.384. The number of hydrogen-bond acceptors (Lipinski definition) is 5. The fourth-order valence-electron chi connectivity index (χ4n) is 2.48. The van der Waals surface area contributed by atoms with Gasteiger partial charge in [-0.2, -0.15) is 5.10 Å². The van der Waals surface area contributed by atoms with E-state index in [-0.39, 0.29) is 23.0 Å². The second-order valence-corrected chi connectivity index (χ2v) is 4.96. The summed E-state index contributed by atoms with van der Waals surface area (Å²) in [5.41, 5.74) is 4.39. The normalized spacial score (nSPS) is 16.7. The quantitative estimate of drug-likeness (QED) is 0.533. The van der Waals surface area contributed by atoms with Crippen LogP contribution >= 0.6 is 0 Å². The number of Topliss-reactive ketones (excluding diaryl/α,β-unsaturated/α-hetero) is 1. The number of hydrogen-bond donors (Lipinski definition) is 1. The van der Waals surface area contributed by atoms with Gasteiger partial charge in [-0.25, -0.2) is 0 Å². The van der Waals surface area contributed by atoms with Crippen molar-refractivity contribution in [3.8, 4) is 0 Å². The Kier molecular flexibility index (Phi) is 3.65. The molecule has 1 N–H and O–H groups in total. The number of hydrazone groups is 1. The molecule has 1 unspecified atom stereocenters. The Balaban J connectivity index is 1.91. The molecule has 0 amide bonds. The van der Waals surface area contributed by atoms with Crippen LogP contribution in [0, 0.1) is 10.1 Å². The predicted octanol–water partition coefficient (Wildman–Crippen LogP) is 2.52. The zero-order valence-electron chi connectivity index (χ0n) is 11.6. The minimum absolute atomic E-state index is 0.103. The predicted molar refractivity (Wildman–Crippen MR) is 82.0 cm³/mol. The van der Waals surface area contributed by atoms with E-state index in [9.17, 15) is 14.9 Å². The van der Waals surface area contributed by atoms with Crippen LogP contribution < -0.4 is 5.43 Å². The first-order chi connectivity index (χ1) is 10.7. The van der Waals surface area contributed by atoms with Gasteiger partial charge in [-0.3, -0.25) is 14.9 Å². The molecule has 0 radical (unpaired) electrons. The van der Waals surface area contributed by atoms with Gasteiger partial charge in [-0.05, 0) is 5.56 Å². The molecule has 6 nitrogen and oxygen atoms in total. The van der Waals surface area contributed by atoms with Crippen LogP contribution in [0.25, 0.3) is 0 Å². The Hall–Kier alpha value is -3.02. The van der Waals surface area contributed by atoms with E-state index in [0.29, 0.717) is 12.3 Å². The van der Waals surface area contributed by atoms with Crippen molar-refractivity contribution in [1.29, 1.82) is 0 Å². The maximum Gasteiger partial charge on any atom is 0.270 e. The number of nitro groups is 1. The van der Waals surface area contributed by atoms with Gasteiger partial charge in [0, 0.05) is 24.2 Å². The van der Waals surface area contributed by atoms with Gasteiger partial charge >= 0.3 is 0 Å². The van der Waals surface area contributed by atoms with Gasteiger partial charge in [-0.1, -0.05) is 42.5 Å². The van der Waals surface area contributed by atoms with E-state index in [2.05, 4.69) is 10.5 Å². The van der Waals surface area contributed by atoms with Crippen molar-refractivity contribution in [2.45, 2.75) is 5.92 Å². The van der Waals surface area contributed by atoms with E-state index in [1.807, 2.05) is 30.3 Å². The van der Waals surface area contributed by atoms with Crippen LogP contribution in [0.2, 0.25) is 0 Å². The highest BCUT2D eigenvalue weighted by molar-refractivity contribution is 6.48. The molecule has 1 atom stereocenters. The third-order valence-corrected chi connectivity index (χ3v) is 3.58. The number of nitro benzene ring substituents is 1. The Morgan fingerprint density at radius 1 is 1.18 bits per heavy atom. The van der Waals surface area contributed by atoms with E-state index in [4.69, 9.17) is 0 Å². The van der Waals surface area contributed by atoms with E-state index in [1.54, 1.807) is 6.07 Å². The molecule has 6 heteroatoms. The fourth-order valence-corrected chi connectivity index (χ4v) is 2.48. The van der Waals surface area contributed by atoms with Crippen LogP contribution in [0.3, 0.4) is 0 Å². The van der Waals surface area contributed by atoms with E-state index in [0.717, 1.165) is 5.56 Å². The topological polar surface area (TPSA) is 84.6 Å². The molecule has 3 rings (SSSR count). The molecule has 0 aliphatic carbocycles. The van der Waals surface area contributed by atoms with Gasteiger partial charge in [0.15, 0.2) is 0 Å². The smallest absolute Gasteiger partial charge is 0.270 e. The number of carbonyl (C=O) groups is 1. The fraction of sp³-hybridized carbons (Fsp3) is 0.125. The van der Waals surface area contributed by atoms with Crippen LogP contribution in [-0.4, -0.2) is 23.0 Å². The highest BCUT2D eigenvalue weighted by Crippen LogP contribution is 2.23. The van der Waals surface area contributed by atoms with Crippen LogP contribution in [0.4, 0.5) is 5.69 Å². The van der Waals surface area contributed by atoms with E-state index < -0.39 is 4.92 Å². The lowest BCUT2D eigenvalue weighted by Gasteiger charge is -2.11. The summed E-state index contributed by atoms with van der Waals surface area (Å²) < 4.78 is 0. The third kappa shape index (κ3) is 2.58. The van der Waals surface area contributed by atoms with Gasteiger partial charge in [-0.15, -0.1) is 0 Å². The first-order valence-corrected chi connectivity index (χ1v) is 6.81. The molecule has 0 spiro atoms. The Morgan fingerprint density at radius 2 is 1.95 bits per heavy atom. The molecule has 0 bridgehead atoms. The molecule has 0 saturated heterocycles. The van der Waals surface area contributed by atoms with Gasteiger partial charge in [0.2, 0.25) is 5.78 Å². The van der Waals surface area contributed by atoms with Crippen LogP contribution in [0.5, 0.6) is 0 Å². The second kappa shape index (κ2) is 5.77. The van der Waals surface area contributed by atoms with E-state index >= 15 is 0 Å². The molecule has 0 aromatic heterocycles. The number of nitrogens with one attached hydrogen (secondary N) is 1. The average Bonchev–Trinajstić information content (AvgIpc) is 3.04. The molecular weight excluding hydrogens is 282 g/mol. The first kappa shape index (κ1) is 13.9. The van der Waals surface area contributed by atoms with Crippen molar-refractivity contribution in [2.24, 2.45) is 5.10 Å². The number of non-ortho nitro benzene ring substituents is 1. The van der Waals surface area contributed by atoms with Crippen LogP contribution in [0.15, 0.2) is 59.7 Å². The van der Waals surface area contributed by atoms with Crippen molar-refractivity contribution in [3.63, 3.8) is 0 Å². The van der Waals surface area contributed by atoms with Crippen molar-refractivity contribution >= 4 is 17.2 Å². The molecule has 1 aliphatic heterocycles. The minimum atomic E-state index is -0.514. The van der Waals surface area contributed by atoms with Crippen molar-refractivity contribution in [3.05, 3.63) is 75.8 Å². The standard InChI is InChI=1S/C16H13N3O3/c20-16(12-7-4-8-13(9-12)19(21)22)15-14(10-17-18-15)11-5-2-1-3-6-11/h1-9,14,17H,10H2. The van der Waals surface area contributed by atoms with Crippen molar-refractivity contribution in [2.75, 3.05) is 6.54 Å². The summed E-state index contributed by atoms with van der Waals surface area (Å²) in [6, 6.07) is 15.3. The zero-order chi connectivity index (χ0) is 15.5. The van der Waals surface area contributed by atoms with Gasteiger partial charge in [0.25, 0.3) is 5.69 Å². The van der Waals surface area contributed by atoms with Crippen LogP contribution in [-0.2, 0) is 0 Å². The maximum absolute atomic E-state index is 12.6. The average molecular weight is 295 g/mol. The summed E-state index contributed by atoms with van der Waals surface area (Å²) in [7, 11) is 0.